The van der Waals surface area contributed by atoms with Crippen molar-refractivity contribution >= 4 is 11.7 Å². The molecule has 0 aliphatic rings. The first-order valence-electron chi connectivity index (χ1n) is 3.43. The molecule has 0 aliphatic heterocycles. The summed E-state index contributed by atoms with van der Waals surface area (Å²) in [7, 11) is 0. The van der Waals surface area contributed by atoms with Crippen LogP contribution in [-0.4, -0.2) is 16.6 Å². The number of allylic oxidation sites excluding steroid dienone is 1. The lowest BCUT2D eigenvalue weighted by molar-refractivity contribution is -0.352. The number of hydrogen-bond donors (Lipinski definition) is 0. The number of nitro groups is 1. The Hall–Kier alpha value is -1.52. The molecule has 0 aliphatic carbocycles. The van der Waals surface area contributed by atoms with Crippen LogP contribution in [0, 0.1) is 10.1 Å². The van der Waals surface area contributed by atoms with Crippen LogP contribution in [0.2, 0.25) is 0 Å². The summed E-state index contributed by atoms with van der Waals surface area (Å²) in [6, 6.07) is 0. The summed E-state index contributed by atoms with van der Waals surface area (Å²) in [6.45, 7) is 5.08. The van der Waals surface area contributed by atoms with Crippen LogP contribution < -0.4 is 0 Å². The zero-order chi connectivity index (χ0) is 9.56. The largest absolute Gasteiger partial charge is 0.468 e. The maximum Gasteiger partial charge on any atom is 0.468 e. The predicted octanol–water partition coefficient (Wildman–Crippen LogP) is 1.63. The molecule has 0 heterocycles. The van der Waals surface area contributed by atoms with Gasteiger partial charge in [-0.25, -0.2) is 0 Å². The molecular formula is C7H11N3O2. The molecule has 0 radical (unpaired) electrons. The standard InChI is InChI=1S/C7H11N3O2/c1-4-5-8-7(10(11)12)9-6(2)3/h4-5H,1-3H3/b5-4-,8-7?. The minimum Gasteiger partial charge on any atom is -0.390 e. The third kappa shape index (κ3) is 4.32. The summed E-state index contributed by atoms with van der Waals surface area (Å²) in [5.41, 5.74) is 0.606. The monoisotopic (exact) mass is 169 g/mol. The summed E-state index contributed by atoms with van der Waals surface area (Å²) in [5, 5.41) is 10.3. The number of nitrogens with zero attached hydrogens (tertiary/aromatic N) is 3. The molecule has 0 spiro atoms. The quantitative estimate of drug-likeness (QED) is 0.259. The first-order chi connectivity index (χ1) is 5.57. The number of aliphatic imine (C=N–C) groups is 2. The SMILES string of the molecule is C/C=C\N=C(N=C(C)C)[N+](=O)[O-]. The van der Waals surface area contributed by atoms with E-state index in [-0.39, 0.29) is 5.96 Å². The van der Waals surface area contributed by atoms with Crippen molar-refractivity contribution in [2.75, 3.05) is 0 Å². The Balaban J connectivity index is 4.67. The lowest BCUT2D eigenvalue weighted by Gasteiger charge is -1.90. The first kappa shape index (κ1) is 10.5. The summed E-state index contributed by atoms with van der Waals surface area (Å²) in [4.78, 5) is 16.8. The summed E-state index contributed by atoms with van der Waals surface area (Å²) < 4.78 is 0. The van der Waals surface area contributed by atoms with Crippen molar-refractivity contribution < 1.29 is 4.92 Å². The Bertz CT molecular complexity index is 249. The predicted molar refractivity (Wildman–Crippen MR) is 48.0 cm³/mol. The average molecular weight is 169 g/mol. The van der Waals surface area contributed by atoms with E-state index in [0.29, 0.717) is 5.71 Å². The molecule has 5 nitrogen and oxygen atoms in total. The second kappa shape index (κ2) is 5.17. The molecule has 0 N–H and O–H groups in total. The van der Waals surface area contributed by atoms with Crippen LogP contribution in [0.4, 0.5) is 0 Å². The fraction of sp³-hybridized carbons (Fsp3) is 0.429. The van der Waals surface area contributed by atoms with E-state index < -0.39 is 4.92 Å². The molecule has 0 saturated heterocycles. The normalized spacial score (nSPS) is 11.8. The smallest absolute Gasteiger partial charge is 0.390 e. The van der Waals surface area contributed by atoms with Gasteiger partial charge >= 0.3 is 5.96 Å². The van der Waals surface area contributed by atoms with Crippen LogP contribution >= 0.6 is 0 Å². The van der Waals surface area contributed by atoms with E-state index in [1.54, 1.807) is 26.8 Å². The third-order valence-corrected chi connectivity index (χ3v) is 0.826. The molecule has 0 fully saturated rings. The van der Waals surface area contributed by atoms with E-state index in [2.05, 4.69) is 9.98 Å². The Labute approximate surface area is 70.7 Å². The van der Waals surface area contributed by atoms with Crippen molar-refractivity contribution in [2.45, 2.75) is 20.8 Å². The molecule has 0 unspecified atom stereocenters. The van der Waals surface area contributed by atoms with Gasteiger partial charge in [0, 0.05) is 0 Å². The molecule has 5 heteroatoms. The van der Waals surface area contributed by atoms with Crippen LogP contribution in [0.3, 0.4) is 0 Å². The number of hydrogen-bond acceptors (Lipinski definition) is 3. The van der Waals surface area contributed by atoms with Gasteiger partial charge in [-0.05, 0) is 25.7 Å². The molecule has 0 amide bonds. The summed E-state index contributed by atoms with van der Waals surface area (Å²) in [5.74, 6) is -0.381. The van der Waals surface area contributed by atoms with Gasteiger partial charge < -0.3 is 10.1 Å². The Morgan fingerprint density at radius 1 is 1.50 bits per heavy atom. The second-order valence-electron chi connectivity index (χ2n) is 2.23. The second-order valence-corrected chi connectivity index (χ2v) is 2.23. The highest BCUT2D eigenvalue weighted by atomic mass is 16.6. The zero-order valence-electron chi connectivity index (χ0n) is 7.31. The van der Waals surface area contributed by atoms with Crippen LogP contribution in [0.25, 0.3) is 0 Å². The van der Waals surface area contributed by atoms with Gasteiger partial charge in [0.1, 0.15) is 6.20 Å². The van der Waals surface area contributed by atoms with Crippen LogP contribution in [0.15, 0.2) is 22.3 Å². The van der Waals surface area contributed by atoms with Gasteiger partial charge in [-0.2, -0.15) is 0 Å². The van der Waals surface area contributed by atoms with Crippen LogP contribution in [-0.2, 0) is 0 Å². The lowest BCUT2D eigenvalue weighted by Crippen LogP contribution is -2.09. The van der Waals surface area contributed by atoms with E-state index in [9.17, 15) is 10.1 Å². The highest BCUT2D eigenvalue weighted by Crippen LogP contribution is 1.87. The third-order valence-electron chi connectivity index (χ3n) is 0.826. The van der Waals surface area contributed by atoms with Crippen molar-refractivity contribution in [2.24, 2.45) is 9.98 Å². The molecule has 0 aromatic rings. The number of rotatable bonds is 1. The molecule has 0 atom stereocenters. The minimum atomic E-state index is -0.618. The van der Waals surface area contributed by atoms with Crippen molar-refractivity contribution in [3.8, 4) is 0 Å². The summed E-state index contributed by atoms with van der Waals surface area (Å²) >= 11 is 0. The molecular weight excluding hydrogens is 158 g/mol. The van der Waals surface area contributed by atoms with E-state index in [0.717, 1.165) is 0 Å². The average Bonchev–Trinajstić information content (AvgIpc) is 1.96. The summed E-state index contributed by atoms with van der Waals surface area (Å²) in [6.07, 6.45) is 2.94. The van der Waals surface area contributed by atoms with Crippen LogP contribution in [0.1, 0.15) is 20.8 Å². The number of guanidine groups is 1. The van der Waals surface area contributed by atoms with Gasteiger partial charge in [0.25, 0.3) is 0 Å². The van der Waals surface area contributed by atoms with Gasteiger partial charge in [-0.15, -0.1) is 0 Å². The van der Waals surface area contributed by atoms with Crippen molar-refractivity contribution in [3.63, 3.8) is 0 Å². The minimum absolute atomic E-state index is 0.381. The van der Waals surface area contributed by atoms with Gasteiger partial charge in [-0.3, -0.25) is 0 Å². The highest BCUT2D eigenvalue weighted by molar-refractivity contribution is 5.91. The Morgan fingerprint density at radius 3 is 2.42 bits per heavy atom. The molecule has 0 aromatic heterocycles. The van der Waals surface area contributed by atoms with E-state index in [1.807, 2.05) is 0 Å². The molecule has 66 valence electrons. The maximum absolute atomic E-state index is 10.3. The molecule has 0 saturated carbocycles. The molecule has 0 bridgehead atoms. The lowest BCUT2D eigenvalue weighted by atomic mass is 10.5. The van der Waals surface area contributed by atoms with Gasteiger partial charge in [0.2, 0.25) is 0 Å². The maximum atomic E-state index is 10.3. The van der Waals surface area contributed by atoms with Gasteiger partial charge in [0.05, 0.1) is 5.71 Å². The van der Waals surface area contributed by atoms with E-state index in [1.165, 1.54) is 6.20 Å². The van der Waals surface area contributed by atoms with Crippen molar-refractivity contribution in [1.29, 1.82) is 0 Å². The fourth-order valence-corrected chi connectivity index (χ4v) is 0.458. The van der Waals surface area contributed by atoms with Gasteiger partial charge in [0.15, 0.2) is 0 Å². The molecule has 0 aromatic carbocycles. The molecule has 12 heavy (non-hydrogen) atoms. The first-order valence-corrected chi connectivity index (χ1v) is 3.43. The van der Waals surface area contributed by atoms with Crippen LogP contribution in [0.5, 0.6) is 0 Å². The van der Waals surface area contributed by atoms with Gasteiger partial charge in [-0.1, -0.05) is 16.1 Å². The topological polar surface area (TPSA) is 67.9 Å². The highest BCUT2D eigenvalue weighted by Gasteiger charge is 2.07. The molecule has 0 rings (SSSR count). The van der Waals surface area contributed by atoms with E-state index in [4.69, 9.17) is 0 Å². The van der Waals surface area contributed by atoms with Crippen molar-refractivity contribution in [1.82, 2.24) is 0 Å². The Kier molecular flexibility index (Phi) is 4.52. The van der Waals surface area contributed by atoms with Crippen molar-refractivity contribution in [3.05, 3.63) is 22.4 Å². The van der Waals surface area contributed by atoms with E-state index >= 15 is 0 Å². The zero-order valence-corrected chi connectivity index (χ0v) is 7.31. The fourth-order valence-electron chi connectivity index (χ4n) is 0.458. The Morgan fingerprint density at radius 2 is 2.08 bits per heavy atom.